The van der Waals surface area contributed by atoms with Crippen molar-refractivity contribution in [3.63, 3.8) is 0 Å². The van der Waals surface area contributed by atoms with Gasteiger partial charge >= 0.3 is 0 Å². The molecule has 0 radical (unpaired) electrons. The van der Waals surface area contributed by atoms with Crippen LogP contribution in [0.3, 0.4) is 0 Å². The molecule has 1 aliphatic heterocycles. The molecule has 1 N–H and O–H groups in total. The summed E-state index contributed by atoms with van der Waals surface area (Å²) in [6, 6.07) is 0. The molecule has 0 spiro atoms. The van der Waals surface area contributed by atoms with Crippen LogP contribution in [0.1, 0.15) is 6.42 Å². The van der Waals surface area contributed by atoms with E-state index < -0.39 is 31.2 Å². The van der Waals surface area contributed by atoms with Crippen molar-refractivity contribution in [2.45, 2.75) is 17.8 Å². The monoisotopic (exact) mass is 301 g/mol. The molecule has 0 aliphatic carbocycles. The summed E-state index contributed by atoms with van der Waals surface area (Å²) < 4.78 is 52.4. The molecule has 2 atom stereocenters. The number of aliphatic hydroxyl groups is 1. The van der Waals surface area contributed by atoms with Crippen LogP contribution in [0.4, 0.5) is 0 Å². The third-order valence-electron chi connectivity index (χ3n) is 2.87. The lowest BCUT2D eigenvalue weighted by Crippen LogP contribution is -2.41. The number of hydrogen-bond donors (Lipinski definition) is 1. The summed E-state index contributed by atoms with van der Waals surface area (Å²) in [5.41, 5.74) is 0. The van der Waals surface area contributed by atoms with E-state index in [2.05, 4.69) is 0 Å². The largest absolute Gasteiger partial charge is 0.389 e. The van der Waals surface area contributed by atoms with Gasteiger partial charge < -0.3 is 9.84 Å². The quantitative estimate of drug-likeness (QED) is 0.637. The topological polar surface area (TPSA) is 101 Å². The standard InChI is InChI=1S/C9H19NO6S2/c1-10(5-8(11)6-16-2)18(14,15)9-3-4-17(12,13)7-9/h8-9,11H,3-7H2,1-2H3. The molecule has 7 nitrogen and oxygen atoms in total. The minimum atomic E-state index is -3.68. The number of hydrogen-bond acceptors (Lipinski definition) is 6. The first-order valence-corrected chi connectivity index (χ1v) is 8.84. The molecule has 1 saturated heterocycles. The van der Waals surface area contributed by atoms with Gasteiger partial charge in [-0.15, -0.1) is 0 Å². The van der Waals surface area contributed by atoms with Crippen molar-refractivity contribution >= 4 is 19.9 Å². The second-order valence-electron chi connectivity index (χ2n) is 4.46. The summed E-state index contributed by atoms with van der Waals surface area (Å²) in [6.45, 7) is -0.0739. The van der Waals surface area contributed by atoms with E-state index in [1.165, 1.54) is 14.2 Å². The Morgan fingerprint density at radius 2 is 2.11 bits per heavy atom. The van der Waals surface area contributed by atoms with Gasteiger partial charge in [0.25, 0.3) is 0 Å². The Bertz CT molecular complexity index is 471. The van der Waals surface area contributed by atoms with Crippen LogP contribution in [0.2, 0.25) is 0 Å². The van der Waals surface area contributed by atoms with E-state index in [1.807, 2.05) is 0 Å². The lowest BCUT2D eigenvalue weighted by Gasteiger charge is -2.23. The Morgan fingerprint density at radius 3 is 2.56 bits per heavy atom. The van der Waals surface area contributed by atoms with Crippen LogP contribution in [0.5, 0.6) is 0 Å². The Morgan fingerprint density at radius 1 is 1.50 bits per heavy atom. The first-order valence-electron chi connectivity index (χ1n) is 5.51. The predicted octanol–water partition coefficient (Wildman–Crippen LogP) is -1.56. The first kappa shape index (κ1) is 15.8. The zero-order chi connectivity index (χ0) is 14.0. The number of nitrogens with zero attached hydrogens (tertiary/aromatic N) is 1. The highest BCUT2D eigenvalue weighted by molar-refractivity contribution is 7.95. The zero-order valence-electron chi connectivity index (χ0n) is 10.4. The van der Waals surface area contributed by atoms with Gasteiger partial charge in [0.15, 0.2) is 9.84 Å². The maximum absolute atomic E-state index is 12.1. The normalized spacial score (nSPS) is 25.4. The molecule has 2 unspecified atom stereocenters. The van der Waals surface area contributed by atoms with Crippen molar-refractivity contribution in [1.29, 1.82) is 0 Å². The van der Waals surface area contributed by atoms with Crippen LogP contribution in [0.15, 0.2) is 0 Å². The lowest BCUT2D eigenvalue weighted by atomic mass is 10.4. The van der Waals surface area contributed by atoms with E-state index in [9.17, 15) is 21.9 Å². The van der Waals surface area contributed by atoms with Crippen LogP contribution in [-0.2, 0) is 24.6 Å². The van der Waals surface area contributed by atoms with Gasteiger partial charge in [0, 0.05) is 20.7 Å². The maximum Gasteiger partial charge on any atom is 0.217 e. The average molecular weight is 301 g/mol. The SMILES string of the molecule is COCC(O)CN(C)S(=O)(=O)C1CCS(=O)(=O)C1. The fraction of sp³-hybridized carbons (Fsp3) is 1.00. The van der Waals surface area contributed by atoms with Crippen LogP contribution in [-0.4, -0.2) is 76.4 Å². The molecule has 1 rings (SSSR count). The summed E-state index contributed by atoms with van der Waals surface area (Å²) in [5.74, 6) is -0.425. The third kappa shape index (κ3) is 3.89. The van der Waals surface area contributed by atoms with Crippen molar-refractivity contribution < 1.29 is 26.7 Å². The smallest absolute Gasteiger partial charge is 0.217 e. The van der Waals surface area contributed by atoms with Gasteiger partial charge in [-0.3, -0.25) is 0 Å². The molecule has 0 aromatic rings. The molecule has 1 aliphatic rings. The average Bonchev–Trinajstić information content (AvgIpc) is 2.59. The highest BCUT2D eigenvalue weighted by atomic mass is 32.2. The van der Waals surface area contributed by atoms with Crippen LogP contribution in [0.25, 0.3) is 0 Å². The number of ether oxygens (including phenoxy) is 1. The van der Waals surface area contributed by atoms with Gasteiger partial charge in [0.1, 0.15) is 0 Å². The van der Waals surface area contributed by atoms with Crippen molar-refractivity contribution in [3.8, 4) is 0 Å². The molecular weight excluding hydrogens is 282 g/mol. The summed E-state index contributed by atoms with van der Waals surface area (Å²) >= 11 is 0. The second-order valence-corrected chi connectivity index (χ2v) is 9.01. The molecule has 0 saturated carbocycles. The highest BCUT2D eigenvalue weighted by Gasteiger charge is 2.39. The first-order chi connectivity index (χ1) is 8.19. The minimum absolute atomic E-state index is 0.0306. The molecule has 1 fully saturated rings. The van der Waals surface area contributed by atoms with E-state index in [1.54, 1.807) is 0 Å². The molecule has 0 amide bonds. The van der Waals surface area contributed by atoms with Crippen LogP contribution >= 0.6 is 0 Å². The van der Waals surface area contributed by atoms with E-state index in [4.69, 9.17) is 4.74 Å². The Labute approximate surface area is 108 Å². The van der Waals surface area contributed by atoms with Crippen LogP contribution < -0.4 is 0 Å². The molecule has 0 aromatic carbocycles. The van der Waals surface area contributed by atoms with Crippen molar-refractivity contribution in [2.75, 3.05) is 38.8 Å². The molecule has 1 heterocycles. The van der Waals surface area contributed by atoms with Gasteiger partial charge in [-0.2, -0.15) is 0 Å². The predicted molar refractivity (Wildman–Crippen MR) is 66.5 cm³/mol. The zero-order valence-corrected chi connectivity index (χ0v) is 12.1. The minimum Gasteiger partial charge on any atom is -0.389 e. The highest BCUT2D eigenvalue weighted by Crippen LogP contribution is 2.21. The van der Waals surface area contributed by atoms with Crippen molar-refractivity contribution in [3.05, 3.63) is 0 Å². The van der Waals surface area contributed by atoms with E-state index in [0.29, 0.717) is 0 Å². The summed E-state index contributed by atoms with van der Waals surface area (Å²) in [4.78, 5) is 0. The maximum atomic E-state index is 12.1. The van der Waals surface area contributed by atoms with E-state index in [-0.39, 0.29) is 31.1 Å². The third-order valence-corrected chi connectivity index (χ3v) is 7.11. The number of sulfone groups is 1. The molecule has 108 valence electrons. The molecule has 0 aromatic heterocycles. The summed E-state index contributed by atoms with van der Waals surface area (Å²) in [7, 11) is -4.19. The number of likely N-dealkylation sites (N-methyl/N-ethyl adjacent to an activating group) is 1. The number of rotatable bonds is 6. The van der Waals surface area contributed by atoms with E-state index >= 15 is 0 Å². The fourth-order valence-electron chi connectivity index (χ4n) is 1.90. The van der Waals surface area contributed by atoms with Gasteiger partial charge in [0.05, 0.1) is 29.5 Å². The Kier molecular flexibility index (Phi) is 5.13. The summed E-state index contributed by atoms with van der Waals surface area (Å²) in [6.07, 6.45) is -0.803. The number of aliphatic hydroxyl groups excluding tert-OH is 1. The second kappa shape index (κ2) is 5.83. The molecule has 9 heteroatoms. The lowest BCUT2D eigenvalue weighted by molar-refractivity contribution is 0.0553. The molecule has 18 heavy (non-hydrogen) atoms. The number of methoxy groups -OCH3 is 1. The van der Waals surface area contributed by atoms with Gasteiger partial charge in [-0.25, -0.2) is 21.1 Å². The molecule has 0 bridgehead atoms. The van der Waals surface area contributed by atoms with Gasteiger partial charge in [-0.1, -0.05) is 0 Å². The van der Waals surface area contributed by atoms with Gasteiger partial charge in [-0.05, 0) is 6.42 Å². The Hall–Kier alpha value is -0.220. The van der Waals surface area contributed by atoms with E-state index in [0.717, 1.165) is 4.31 Å². The van der Waals surface area contributed by atoms with Crippen LogP contribution in [0, 0.1) is 0 Å². The Balaban J connectivity index is 2.69. The van der Waals surface area contributed by atoms with Gasteiger partial charge in [0.2, 0.25) is 10.0 Å². The number of sulfonamides is 1. The summed E-state index contributed by atoms with van der Waals surface area (Å²) in [5, 5.41) is 8.58. The van der Waals surface area contributed by atoms with Crippen molar-refractivity contribution in [1.82, 2.24) is 4.31 Å². The molecular formula is C9H19NO6S2. The van der Waals surface area contributed by atoms with Crippen molar-refractivity contribution in [2.24, 2.45) is 0 Å². The fourth-order valence-corrected chi connectivity index (χ4v) is 6.20.